The molecule has 28 heavy (non-hydrogen) atoms. The van der Waals surface area contributed by atoms with Gasteiger partial charge in [0.2, 0.25) is 0 Å². The van der Waals surface area contributed by atoms with Gasteiger partial charge in [-0.1, -0.05) is 18.6 Å². The van der Waals surface area contributed by atoms with Gasteiger partial charge in [-0.3, -0.25) is 4.90 Å². The van der Waals surface area contributed by atoms with E-state index in [4.69, 9.17) is 19.4 Å². The molecule has 1 aromatic heterocycles. The predicted molar refractivity (Wildman–Crippen MR) is 109 cm³/mol. The number of hydrogen-bond acceptors (Lipinski definition) is 6. The van der Waals surface area contributed by atoms with Crippen LogP contribution >= 0.6 is 0 Å². The molecule has 0 N–H and O–H groups in total. The van der Waals surface area contributed by atoms with Gasteiger partial charge in [-0.25, -0.2) is 9.97 Å². The Morgan fingerprint density at radius 3 is 2.86 bits per heavy atom. The summed E-state index contributed by atoms with van der Waals surface area (Å²) >= 11 is 0. The van der Waals surface area contributed by atoms with Gasteiger partial charge in [0, 0.05) is 49.1 Å². The lowest BCUT2D eigenvalue weighted by Gasteiger charge is -2.35. The number of piperidine rings is 1. The van der Waals surface area contributed by atoms with Gasteiger partial charge in [0.1, 0.15) is 5.82 Å². The van der Waals surface area contributed by atoms with E-state index in [1.165, 1.54) is 24.1 Å². The summed E-state index contributed by atoms with van der Waals surface area (Å²) in [4.78, 5) is 14.6. The highest BCUT2D eigenvalue weighted by Gasteiger charge is 2.28. The molecule has 6 heteroatoms. The topological polar surface area (TPSA) is 50.7 Å². The summed E-state index contributed by atoms with van der Waals surface area (Å²) in [5.41, 5.74) is 3.65. The Labute approximate surface area is 167 Å². The minimum Gasteiger partial charge on any atom is -0.493 e. The normalized spacial score (nSPS) is 20.6. The summed E-state index contributed by atoms with van der Waals surface area (Å²) in [5.74, 6) is 2.58. The number of ether oxygens (including phenoxy) is 2. The second-order valence-electron chi connectivity index (χ2n) is 7.82. The number of rotatable bonds is 5. The van der Waals surface area contributed by atoms with E-state index in [1.54, 1.807) is 14.2 Å². The van der Waals surface area contributed by atoms with Crippen molar-refractivity contribution in [2.24, 2.45) is 0 Å². The summed E-state index contributed by atoms with van der Waals surface area (Å²) in [5, 5.41) is 0. The third-order valence-electron chi connectivity index (χ3n) is 5.91. The molecule has 0 unspecified atom stereocenters. The van der Waals surface area contributed by atoms with Gasteiger partial charge in [0.05, 0.1) is 20.3 Å². The minimum absolute atomic E-state index is 0.259. The number of likely N-dealkylation sites (N-methyl/N-ethyl adjacent to an activating group) is 1. The molecule has 1 fully saturated rings. The van der Waals surface area contributed by atoms with Gasteiger partial charge in [0.25, 0.3) is 0 Å². The van der Waals surface area contributed by atoms with Crippen molar-refractivity contribution in [3.8, 4) is 11.5 Å². The van der Waals surface area contributed by atoms with Crippen LogP contribution < -0.4 is 9.47 Å². The average molecular weight is 383 g/mol. The molecule has 0 amide bonds. The van der Waals surface area contributed by atoms with Crippen molar-refractivity contribution in [3.05, 3.63) is 47.0 Å². The van der Waals surface area contributed by atoms with E-state index in [0.29, 0.717) is 0 Å². The van der Waals surface area contributed by atoms with Crippen LogP contribution in [0.15, 0.2) is 24.4 Å². The Morgan fingerprint density at radius 1 is 1.14 bits per heavy atom. The van der Waals surface area contributed by atoms with E-state index < -0.39 is 0 Å². The van der Waals surface area contributed by atoms with Crippen LogP contribution in [-0.4, -0.2) is 54.1 Å². The lowest BCUT2D eigenvalue weighted by molar-refractivity contribution is 0.131. The van der Waals surface area contributed by atoms with Gasteiger partial charge >= 0.3 is 0 Å². The molecule has 0 bridgehead atoms. The van der Waals surface area contributed by atoms with Crippen LogP contribution in [0.1, 0.15) is 47.9 Å². The number of benzene rings is 1. The number of nitrogens with zero attached hydrogens (tertiary/aromatic N) is 4. The van der Waals surface area contributed by atoms with Crippen LogP contribution in [0.3, 0.4) is 0 Å². The van der Waals surface area contributed by atoms with E-state index in [0.717, 1.165) is 61.9 Å². The molecule has 0 saturated carbocycles. The Balaban J connectivity index is 1.59. The first-order valence-electron chi connectivity index (χ1n) is 10.2. The van der Waals surface area contributed by atoms with E-state index >= 15 is 0 Å². The van der Waals surface area contributed by atoms with Crippen molar-refractivity contribution >= 4 is 0 Å². The van der Waals surface area contributed by atoms with E-state index in [1.807, 2.05) is 18.3 Å². The van der Waals surface area contributed by atoms with Gasteiger partial charge in [-0.15, -0.1) is 0 Å². The summed E-state index contributed by atoms with van der Waals surface area (Å²) in [6.07, 6.45) is 6.59. The van der Waals surface area contributed by atoms with E-state index in [9.17, 15) is 0 Å². The Morgan fingerprint density at radius 2 is 2.04 bits per heavy atom. The fourth-order valence-electron chi connectivity index (χ4n) is 4.40. The molecule has 150 valence electrons. The van der Waals surface area contributed by atoms with Gasteiger partial charge in [-0.2, -0.15) is 0 Å². The van der Waals surface area contributed by atoms with Crippen molar-refractivity contribution in [2.45, 2.75) is 44.8 Å². The van der Waals surface area contributed by atoms with Crippen LogP contribution in [0.5, 0.6) is 11.5 Å². The first kappa shape index (κ1) is 19.2. The Hall–Kier alpha value is -2.18. The smallest absolute Gasteiger partial charge is 0.165 e. The van der Waals surface area contributed by atoms with Crippen LogP contribution in [0.25, 0.3) is 0 Å². The van der Waals surface area contributed by atoms with Crippen molar-refractivity contribution < 1.29 is 9.47 Å². The molecule has 2 aliphatic heterocycles. The maximum absolute atomic E-state index is 5.65. The van der Waals surface area contributed by atoms with Gasteiger partial charge in [-0.05, 0) is 32.5 Å². The summed E-state index contributed by atoms with van der Waals surface area (Å²) in [7, 11) is 5.55. The third kappa shape index (κ3) is 3.84. The molecule has 3 heterocycles. The first-order valence-corrected chi connectivity index (χ1v) is 10.2. The molecule has 0 radical (unpaired) electrons. The first-order chi connectivity index (χ1) is 13.7. The maximum Gasteiger partial charge on any atom is 0.165 e. The van der Waals surface area contributed by atoms with Crippen molar-refractivity contribution in [1.82, 2.24) is 19.8 Å². The molecule has 4 rings (SSSR count). The lowest BCUT2D eigenvalue weighted by atomic mass is 9.99. The molecular formula is C22H30N4O2. The summed E-state index contributed by atoms with van der Waals surface area (Å²) in [6.45, 7) is 3.88. The van der Waals surface area contributed by atoms with Gasteiger partial charge in [0.15, 0.2) is 11.5 Å². The second kappa shape index (κ2) is 8.45. The summed E-state index contributed by atoms with van der Waals surface area (Å²) < 4.78 is 11.1. The molecule has 0 aliphatic carbocycles. The summed E-state index contributed by atoms with van der Waals surface area (Å²) in [6, 6.07) is 6.35. The van der Waals surface area contributed by atoms with Gasteiger partial charge < -0.3 is 14.4 Å². The number of para-hydroxylation sites is 1. The zero-order valence-corrected chi connectivity index (χ0v) is 17.1. The Kier molecular flexibility index (Phi) is 5.78. The fraction of sp³-hybridized carbons (Fsp3) is 0.545. The van der Waals surface area contributed by atoms with Crippen molar-refractivity contribution in [2.75, 3.05) is 34.4 Å². The molecule has 0 spiro atoms. The van der Waals surface area contributed by atoms with Crippen molar-refractivity contribution in [3.63, 3.8) is 0 Å². The molecule has 6 nitrogen and oxygen atoms in total. The number of hydrogen-bond donors (Lipinski definition) is 0. The molecule has 2 aromatic rings. The van der Waals surface area contributed by atoms with Crippen LogP contribution in [0.4, 0.5) is 0 Å². The molecule has 2 aliphatic rings. The number of methoxy groups -OCH3 is 2. The minimum atomic E-state index is 0.259. The molecular weight excluding hydrogens is 352 g/mol. The molecule has 1 aromatic carbocycles. The number of fused-ring (bicyclic) bond motifs is 1. The fourth-order valence-corrected chi connectivity index (χ4v) is 4.40. The average Bonchev–Trinajstić information content (AvgIpc) is 2.73. The predicted octanol–water partition coefficient (Wildman–Crippen LogP) is 3.21. The number of likely N-dealkylation sites (tertiary alicyclic amines) is 1. The monoisotopic (exact) mass is 382 g/mol. The zero-order chi connectivity index (χ0) is 19.5. The highest BCUT2D eigenvalue weighted by molar-refractivity contribution is 5.46. The molecule has 1 atom stereocenters. The lowest BCUT2D eigenvalue weighted by Crippen LogP contribution is -2.35. The third-order valence-corrected chi connectivity index (χ3v) is 5.91. The maximum atomic E-state index is 5.65. The van der Waals surface area contributed by atoms with Crippen molar-refractivity contribution in [1.29, 1.82) is 0 Å². The largest absolute Gasteiger partial charge is 0.493 e. The second-order valence-corrected chi connectivity index (χ2v) is 7.82. The highest BCUT2D eigenvalue weighted by atomic mass is 16.5. The highest BCUT2D eigenvalue weighted by Crippen LogP contribution is 2.36. The standard InChI is InChI=1S/C22H30N4O2/c1-25-12-10-18-17(14-25)13-23-22(24-18)19-8-4-5-11-26(19)15-16-7-6-9-20(27-2)21(16)28-3/h6-7,9,13,19H,4-5,8,10-12,14-15H2,1-3H3/t19-/m1/s1. The quantitative estimate of drug-likeness (QED) is 0.792. The molecule has 1 saturated heterocycles. The Bertz CT molecular complexity index is 826. The van der Waals surface area contributed by atoms with Crippen LogP contribution in [0.2, 0.25) is 0 Å². The van der Waals surface area contributed by atoms with E-state index in [-0.39, 0.29) is 6.04 Å². The SMILES string of the molecule is COc1cccc(CN2CCCC[C@@H]2c2ncc3c(n2)CCN(C)C3)c1OC. The van der Waals surface area contributed by atoms with Crippen LogP contribution in [0, 0.1) is 0 Å². The van der Waals surface area contributed by atoms with Crippen LogP contribution in [-0.2, 0) is 19.5 Å². The number of aromatic nitrogens is 2. The van der Waals surface area contributed by atoms with E-state index in [2.05, 4.69) is 22.9 Å². The zero-order valence-electron chi connectivity index (χ0n) is 17.1.